The van der Waals surface area contributed by atoms with Crippen molar-refractivity contribution < 1.29 is 9.47 Å². The van der Waals surface area contributed by atoms with Crippen LogP contribution in [0.2, 0.25) is 0 Å². The van der Waals surface area contributed by atoms with Gasteiger partial charge >= 0.3 is 0 Å². The lowest BCUT2D eigenvalue weighted by atomic mass is 9.94. The zero-order chi connectivity index (χ0) is 14.8. The number of benzene rings is 1. The maximum Gasteiger partial charge on any atom is 0.161 e. The number of hydrogen-bond donors (Lipinski definition) is 2. The summed E-state index contributed by atoms with van der Waals surface area (Å²) in [5.41, 5.74) is 9.19. The number of nitrogens with one attached hydrogen (secondary N) is 1. The molecular weight excluding hydrogens is 266 g/mol. The minimum absolute atomic E-state index is 0.0841. The molecule has 1 aliphatic heterocycles. The fourth-order valence-electron chi connectivity index (χ4n) is 2.55. The first-order valence-corrected chi connectivity index (χ1v) is 7.34. The summed E-state index contributed by atoms with van der Waals surface area (Å²) >= 11 is 0. The van der Waals surface area contributed by atoms with Crippen molar-refractivity contribution in [1.82, 2.24) is 10.2 Å². The Labute approximate surface area is 124 Å². The van der Waals surface area contributed by atoms with Gasteiger partial charge in [0.2, 0.25) is 0 Å². The summed E-state index contributed by atoms with van der Waals surface area (Å²) in [5, 5.41) is 7.48. The Kier molecular flexibility index (Phi) is 3.84. The van der Waals surface area contributed by atoms with Crippen molar-refractivity contribution >= 4 is 0 Å². The molecule has 3 N–H and O–H groups in total. The first-order chi connectivity index (χ1) is 10.2. The highest BCUT2D eigenvalue weighted by Gasteiger charge is 2.19. The molecular formula is C16H21N3O2. The number of H-pyrrole nitrogens is 1. The molecule has 5 nitrogen and oxygen atoms in total. The highest BCUT2D eigenvalue weighted by Crippen LogP contribution is 2.34. The maximum absolute atomic E-state index is 5.98. The van der Waals surface area contributed by atoms with Gasteiger partial charge in [-0.1, -0.05) is 19.9 Å². The van der Waals surface area contributed by atoms with Crippen molar-refractivity contribution in [3.8, 4) is 11.5 Å². The Morgan fingerprint density at radius 2 is 1.95 bits per heavy atom. The molecule has 1 unspecified atom stereocenters. The quantitative estimate of drug-likeness (QED) is 0.905. The Hall–Kier alpha value is -2.01. The second-order valence-corrected chi connectivity index (χ2v) is 5.59. The molecule has 3 rings (SSSR count). The van der Waals surface area contributed by atoms with E-state index < -0.39 is 0 Å². The third-order valence-electron chi connectivity index (χ3n) is 3.79. The van der Waals surface area contributed by atoms with Crippen LogP contribution in [0.15, 0.2) is 24.3 Å². The van der Waals surface area contributed by atoms with Crippen molar-refractivity contribution in [3.63, 3.8) is 0 Å². The van der Waals surface area contributed by atoms with Crippen molar-refractivity contribution in [1.29, 1.82) is 0 Å². The first kappa shape index (κ1) is 13.9. The minimum atomic E-state index is 0.0841. The van der Waals surface area contributed by atoms with Gasteiger partial charge in [0.15, 0.2) is 11.5 Å². The summed E-state index contributed by atoms with van der Waals surface area (Å²) < 4.78 is 11.2. The number of rotatable bonds is 4. The van der Waals surface area contributed by atoms with E-state index in [0.29, 0.717) is 25.7 Å². The molecule has 0 saturated carbocycles. The van der Waals surface area contributed by atoms with Gasteiger partial charge in [-0.05, 0) is 29.7 Å². The largest absolute Gasteiger partial charge is 0.486 e. The zero-order valence-corrected chi connectivity index (χ0v) is 12.4. The molecule has 1 aromatic heterocycles. The van der Waals surface area contributed by atoms with Crippen LogP contribution in [-0.2, 0) is 0 Å². The predicted octanol–water partition coefficient (Wildman–Crippen LogP) is 2.39. The minimum Gasteiger partial charge on any atom is -0.486 e. The van der Waals surface area contributed by atoms with Gasteiger partial charge in [-0.2, -0.15) is 5.10 Å². The van der Waals surface area contributed by atoms with Crippen LogP contribution in [0.3, 0.4) is 0 Å². The number of aromatic amines is 1. The van der Waals surface area contributed by atoms with E-state index in [0.717, 1.165) is 28.5 Å². The molecule has 0 bridgehead atoms. The normalized spacial score (nSPS) is 15.2. The van der Waals surface area contributed by atoms with E-state index in [-0.39, 0.29) is 5.92 Å². The standard InChI is InChI=1S/C16H21N3O2/c1-10(2)13-8-14(19-18-13)12(9-17)11-3-4-15-16(7-11)21-6-5-20-15/h3-4,7-8,10,12H,5-6,9,17H2,1-2H3,(H,18,19). The average molecular weight is 287 g/mol. The smallest absolute Gasteiger partial charge is 0.161 e. The number of hydrogen-bond acceptors (Lipinski definition) is 4. The topological polar surface area (TPSA) is 73.2 Å². The van der Waals surface area contributed by atoms with E-state index in [4.69, 9.17) is 15.2 Å². The molecule has 0 saturated heterocycles. The van der Waals surface area contributed by atoms with Crippen molar-refractivity contribution in [2.75, 3.05) is 19.8 Å². The monoisotopic (exact) mass is 287 g/mol. The van der Waals surface area contributed by atoms with Crippen LogP contribution in [0.4, 0.5) is 0 Å². The van der Waals surface area contributed by atoms with Crippen LogP contribution in [0, 0.1) is 0 Å². The number of nitrogens with zero attached hydrogens (tertiary/aromatic N) is 1. The number of aromatic nitrogens is 2. The maximum atomic E-state index is 5.98. The predicted molar refractivity (Wildman–Crippen MR) is 81.0 cm³/mol. The lowest BCUT2D eigenvalue weighted by molar-refractivity contribution is 0.171. The van der Waals surface area contributed by atoms with Gasteiger partial charge in [-0.15, -0.1) is 0 Å². The van der Waals surface area contributed by atoms with Gasteiger partial charge in [0.25, 0.3) is 0 Å². The summed E-state index contributed by atoms with van der Waals surface area (Å²) in [6.45, 7) is 5.96. The number of nitrogens with two attached hydrogens (primary N) is 1. The molecule has 2 aromatic rings. The zero-order valence-electron chi connectivity index (χ0n) is 12.4. The van der Waals surface area contributed by atoms with Gasteiger partial charge in [-0.3, -0.25) is 5.10 Å². The molecule has 2 heterocycles. The number of fused-ring (bicyclic) bond motifs is 1. The van der Waals surface area contributed by atoms with E-state index in [9.17, 15) is 0 Å². The van der Waals surface area contributed by atoms with Crippen molar-refractivity contribution in [2.24, 2.45) is 5.73 Å². The lowest BCUT2D eigenvalue weighted by Gasteiger charge is -2.21. The Morgan fingerprint density at radius 3 is 2.62 bits per heavy atom. The summed E-state index contributed by atoms with van der Waals surface area (Å²) in [6, 6.07) is 8.11. The fraction of sp³-hybridized carbons (Fsp3) is 0.438. The van der Waals surface area contributed by atoms with Gasteiger partial charge in [-0.25, -0.2) is 0 Å². The molecule has 112 valence electrons. The summed E-state index contributed by atoms with van der Waals surface area (Å²) in [6.07, 6.45) is 0. The second kappa shape index (κ2) is 5.77. The van der Waals surface area contributed by atoms with Crippen LogP contribution < -0.4 is 15.2 Å². The Balaban J connectivity index is 1.91. The van der Waals surface area contributed by atoms with Crippen LogP contribution >= 0.6 is 0 Å². The van der Waals surface area contributed by atoms with Gasteiger partial charge in [0, 0.05) is 18.2 Å². The van der Waals surface area contributed by atoms with Gasteiger partial charge < -0.3 is 15.2 Å². The molecule has 21 heavy (non-hydrogen) atoms. The van der Waals surface area contributed by atoms with Gasteiger partial charge in [0.1, 0.15) is 13.2 Å². The van der Waals surface area contributed by atoms with E-state index in [1.165, 1.54) is 0 Å². The van der Waals surface area contributed by atoms with Crippen molar-refractivity contribution in [3.05, 3.63) is 41.2 Å². The number of ether oxygens (including phenoxy) is 2. The fourth-order valence-corrected chi connectivity index (χ4v) is 2.55. The Morgan fingerprint density at radius 1 is 1.19 bits per heavy atom. The summed E-state index contributed by atoms with van der Waals surface area (Å²) in [5.74, 6) is 2.07. The Bertz CT molecular complexity index is 622. The van der Waals surface area contributed by atoms with Crippen LogP contribution in [0.1, 0.15) is 42.6 Å². The van der Waals surface area contributed by atoms with E-state index >= 15 is 0 Å². The van der Waals surface area contributed by atoms with E-state index in [1.807, 2.05) is 18.2 Å². The molecule has 0 fully saturated rings. The van der Waals surface area contributed by atoms with Gasteiger partial charge in [0.05, 0.1) is 5.69 Å². The molecule has 0 radical (unpaired) electrons. The third kappa shape index (κ3) is 2.74. The highest BCUT2D eigenvalue weighted by atomic mass is 16.6. The van der Waals surface area contributed by atoms with Crippen LogP contribution in [0.5, 0.6) is 11.5 Å². The van der Waals surface area contributed by atoms with E-state index in [2.05, 4.69) is 30.1 Å². The molecule has 1 aliphatic rings. The van der Waals surface area contributed by atoms with E-state index in [1.54, 1.807) is 0 Å². The van der Waals surface area contributed by atoms with Crippen LogP contribution in [-0.4, -0.2) is 30.0 Å². The average Bonchev–Trinajstić information content (AvgIpc) is 2.98. The first-order valence-electron chi connectivity index (χ1n) is 7.34. The van der Waals surface area contributed by atoms with Crippen LogP contribution in [0.25, 0.3) is 0 Å². The third-order valence-corrected chi connectivity index (χ3v) is 3.79. The SMILES string of the molecule is CC(C)c1cc(C(CN)c2ccc3c(c2)OCCO3)[nH]n1. The highest BCUT2D eigenvalue weighted by molar-refractivity contribution is 5.46. The molecule has 5 heteroatoms. The second-order valence-electron chi connectivity index (χ2n) is 5.59. The summed E-state index contributed by atoms with van der Waals surface area (Å²) in [7, 11) is 0. The lowest BCUT2D eigenvalue weighted by Crippen LogP contribution is -2.17. The van der Waals surface area contributed by atoms with Crippen molar-refractivity contribution in [2.45, 2.75) is 25.7 Å². The molecule has 0 amide bonds. The molecule has 0 spiro atoms. The molecule has 1 aromatic carbocycles. The summed E-state index contributed by atoms with van der Waals surface area (Å²) in [4.78, 5) is 0. The molecule has 1 atom stereocenters. The molecule has 0 aliphatic carbocycles.